The molecule has 0 unspecified atom stereocenters. The number of likely N-dealkylation sites (N-methyl/N-ethyl adjacent to an activating group) is 1. The molecule has 0 saturated heterocycles. The van der Waals surface area contributed by atoms with E-state index >= 15 is 0 Å². The molecule has 0 N–H and O–H groups in total. The van der Waals surface area contributed by atoms with Crippen molar-refractivity contribution in [2.75, 3.05) is 14.2 Å². The monoisotopic (exact) mass is 228 g/mol. The summed E-state index contributed by atoms with van der Waals surface area (Å²) in [4.78, 5) is 20.3. The molecule has 0 fully saturated rings. The molecule has 1 aliphatic carbocycles. The number of rotatable bonds is 3. The first kappa shape index (κ1) is 11.4. The first-order valence-corrected chi connectivity index (χ1v) is 5.15. The van der Waals surface area contributed by atoms with Crippen LogP contribution in [-0.2, 0) is 9.63 Å². The molecule has 0 bridgehead atoms. The van der Waals surface area contributed by atoms with Crippen molar-refractivity contribution in [1.82, 2.24) is 5.06 Å². The molecule has 1 aliphatic rings. The number of hydrogen-bond acceptors (Lipinski definition) is 2. The summed E-state index contributed by atoms with van der Waals surface area (Å²) in [6, 6.07) is 9.44. The molecule has 0 saturated carbocycles. The van der Waals surface area contributed by atoms with E-state index in [2.05, 4.69) is 4.85 Å². The molecule has 17 heavy (non-hydrogen) atoms. The molecule has 0 heterocycles. The van der Waals surface area contributed by atoms with Crippen molar-refractivity contribution in [2.45, 2.75) is 5.54 Å². The van der Waals surface area contributed by atoms with Gasteiger partial charge in [-0.05, 0) is 5.56 Å². The number of carbonyl (C=O) groups is 1. The van der Waals surface area contributed by atoms with Crippen LogP contribution in [0.15, 0.2) is 36.4 Å². The Morgan fingerprint density at radius 1 is 1.41 bits per heavy atom. The highest BCUT2D eigenvalue weighted by Crippen LogP contribution is 2.47. The molecule has 1 atom stereocenters. The molecule has 4 heteroatoms. The largest absolute Gasteiger partial charge is 0.356 e. The molecule has 0 radical (unpaired) electrons. The Kier molecular flexibility index (Phi) is 2.70. The normalized spacial score (nSPS) is 21.4. The molecule has 0 aliphatic heterocycles. The van der Waals surface area contributed by atoms with Crippen LogP contribution in [0.1, 0.15) is 5.56 Å². The van der Waals surface area contributed by atoms with E-state index in [1.165, 1.54) is 14.2 Å². The van der Waals surface area contributed by atoms with Gasteiger partial charge in [-0.1, -0.05) is 30.3 Å². The minimum atomic E-state index is -1.16. The van der Waals surface area contributed by atoms with Crippen molar-refractivity contribution in [3.63, 3.8) is 0 Å². The third-order valence-electron chi connectivity index (χ3n) is 2.83. The van der Waals surface area contributed by atoms with E-state index < -0.39 is 5.54 Å². The molecule has 86 valence electrons. The second-order valence-corrected chi connectivity index (χ2v) is 3.79. The van der Waals surface area contributed by atoms with Gasteiger partial charge in [-0.25, -0.2) is 11.6 Å². The summed E-state index contributed by atoms with van der Waals surface area (Å²) in [5, 5.41) is 1.09. The first-order chi connectivity index (χ1) is 8.15. The zero-order valence-electron chi connectivity index (χ0n) is 9.68. The predicted octanol–water partition coefficient (Wildman–Crippen LogP) is 1.76. The van der Waals surface area contributed by atoms with Crippen LogP contribution in [-0.4, -0.2) is 30.7 Å². The van der Waals surface area contributed by atoms with Crippen LogP contribution in [0.5, 0.6) is 0 Å². The highest BCUT2D eigenvalue weighted by atomic mass is 16.7. The number of benzene rings is 1. The van der Waals surface area contributed by atoms with Crippen LogP contribution < -0.4 is 0 Å². The molecule has 1 aromatic carbocycles. The maximum absolute atomic E-state index is 12.0. The van der Waals surface area contributed by atoms with E-state index in [0.29, 0.717) is 0 Å². The fourth-order valence-corrected chi connectivity index (χ4v) is 1.73. The molecule has 1 amide bonds. The predicted molar refractivity (Wildman–Crippen MR) is 63.5 cm³/mol. The summed E-state index contributed by atoms with van der Waals surface area (Å²) in [6.45, 7) is 7.22. The smallest absolute Gasteiger partial charge is 0.290 e. The maximum atomic E-state index is 12.0. The van der Waals surface area contributed by atoms with Crippen LogP contribution in [0.4, 0.5) is 0 Å². The molecule has 1 aromatic rings. The third kappa shape index (κ3) is 1.71. The highest BCUT2D eigenvalue weighted by molar-refractivity contribution is 6.14. The van der Waals surface area contributed by atoms with Crippen molar-refractivity contribution in [2.24, 2.45) is 0 Å². The van der Waals surface area contributed by atoms with E-state index in [4.69, 9.17) is 11.4 Å². The fraction of sp³-hybridized carbons (Fsp3) is 0.231. The van der Waals surface area contributed by atoms with Crippen LogP contribution in [0, 0.1) is 6.57 Å². The summed E-state index contributed by atoms with van der Waals surface area (Å²) in [7, 11) is 2.91. The zero-order chi connectivity index (χ0) is 12.5. The lowest BCUT2D eigenvalue weighted by Crippen LogP contribution is -2.37. The van der Waals surface area contributed by atoms with Gasteiger partial charge in [0.1, 0.15) is 0 Å². The standard InChI is InChI=1S/C13H12N2O2/c1-14-13(12(16)15(2)17-3)9-11(13)10-7-5-4-6-8-10/h4-9H,2-3H3/t13-/m0/s1. The van der Waals surface area contributed by atoms with Gasteiger partial charge < -0.3 is 0 Å². The average molecular weight is 228 g/mol. The molecule has 0 spiro atoms. The Morgan fingerprint density at radius 2 is 2.06 bits per heavy atom. The Bertz CT molecular complexity index is 516. The number of carbonyl (C=O) groups excluding carboxylic acids is 1. The van der Waals surface area contributed by atoms with Crippen molar-refractivity contribution in [3.05, 3.63) is 53.4 Å². The van der Waals surface area contributed by atoms with E-state index in [1.54, 1.807) is 6.08 Å². The fourth-order valence-electron chi connectivity index (χ4n) is 1.73. The van der Waals surface area contributed by atoms with E-state index in [9.17, 15) is 4.79 Å². The Labute approximate surface area is 99.9 Å². The summed E-state index contributed by atoms with van der Waals surface area (Å²) >= 11 is 0. The Morgan fingerprint density at radius 3 is 2.59 bits per heavy atom. The van der Waals surface area contributed by atoms with Gasteiger partial charge in [0.2, 0.25) is 0 Å². The van der Waals surface area contributed by atoms with Crippen LogP contribution in [0.25, 0.3) is 10.4 Å². The Balaban J connectivity index is 2.25. The van der Waals surface area contributed by atoms with Crippen molar-refractivity contribution in [3.8, 4) is 0 Å². The van der Waals surface area contributed by atoms with Crippen LogP contribution in [0.3, 0.4) is 0 Å². The number of hydrogen-bond donors (Lipinski definition) is 0. The van der Waals surface area contributed by atoms with Gasteiger partial charge in [-0.2, -0.15) is 0 Å². The van der Waals surface area contributed by atoms with Crippen molar-refractivity contribution < 1.29 is 9.63 Å². The molecular weight excluding hydrogens is 216 g/mol. The van der Waals surface area contributed by atoms with Gasteiger partial charge in [0.05, 0.1) is 12.7 Å². The minimum Gasteiger partial charge on any atom is -0.290 e. The van der Waals surface area contributed by atoms with E-state index in [-0.39, 0.29) is 5.91 Å². The van der Waals surface area contributed by atoms with E-state index in [0.717, 1.165) is 16.2 Å². The molecule has 4 nitrogen and oxygen atoms in total. The van der Waals surface area contributed by atoms with Gasteiger partial charge in [0, 0.05) is 13.1 Å². The van der Waals surface area contributed by atoms with Crippen LogP contribution in [0.2, 0.25) is 0 Å². The maximum Gasteiger partial charge on any atom is 0.356 e. The second kappa shape index (κ2) is 4.04. The summed E-state index contributed by atoms with van der Waals surface area (Å²) in [5.41, 5.74) is 0.495. The zero-order valence-corrected chi connectivity index (χ0v) is 9.68. The van der Waals surface area contributed by atoms with Crippen molar-refractivity contribution >= 4 is 11.5 Å². The van der Waals surface area contributed by atoms with Gasteiger partial charge in [-0.15, -0.1) is 0 Å². The number of amides is 1. The van der Waals surface area contributed by atoms with E-state index in [1.807, 2.05) is 30.3 Å². The van der Waals surface area contributed by atoms with Gasteiger partial charge >= 0.3 is 11.4 Å². The molecular formula is C13H12N2O2. The average Bonchev–Trinajstić information content (AvgIpc) is 3.14. The van der Waals surface area contributed by atoms with Crippen LogP contribution >= 0.6 is 0 Å². The summed E-state index contributed by atoms with van der Waals surface area (Å²) < 4.78 is 0. The lowest BCUT2D eigenvalue weighted by Gasteiger charge is -2.15. The topological polar surface area (TPSA) is 33.9 Å². The Hall–Kier alpha value is -2.12. The number of hydroxylamine groups is 2. The highest BCUT2D eigenvalue weighted by Gasteiger charge is 2.61. The molecule has 0 aromatic heterocycles. The quantitative estimate of drug-likeness (QED) is 0.583. The summed E-state index contributed by atoms with van der Waals surface area (Å²) in [5.74, 6) is -0.353. The molecule has 2 rings (SSSR count). The SMILES string of the molecule is [C-]#[N+][C@@]1(C(=O)N(C)OC)C=C1c1ccccc1. The lowest BCUT2D eigenvalue weighted by molar-refractivity contribution is -0.169. The van der Waals surface area contributed by atoms with Gasteiger partial charge in [0.25, 0.3) is 0 Å². The third-order valence-corrected chi connectivity index (χ3v) is 2.83. The van der Waals surface area contributed by atoms with Crippen molar-refractivity contribution in [1.29, 1.82) is 0 Å². The lowest BCUT2D eigenvalue weighted by atomic mass is 10.1. The minimum absolute atomic E-state index is 0.353. The second-order valence-electron chi connectivity index (χ2n) is 3.79. The first-order valence-electron chi connectivity index (χ1n) is 5.15. The van der Waals surface area contributed by atoms with Gasteiger partial charge in [-0.3, -0.25) is 14.5 Å². The number of nitrogens with zero attached hydrogens (tertiary/aromatic N) is 2. The van der Waals surface area contributed by atoms with Gasteiger partial charge in [0.15, 0.2) is 0 Å². The summed E-state index contributed by atoms with van der Waals surface area (Å²) in [6.07, 6.45) is 1.67.